The second-order valence-corrected chi connectivity index (χ2v) is 13.8. The van der Waals surface area contributed by atoms with Gasteiger partial charge in [-0.2, -0.15) is 5.10 Å². The van der Waals surface area contributed by atoms with Crippen molar-refractivity contribution in [2.45, 2.75) is 24.3 Å². The fourth-order valence-corrected chi connectivity index (χ4v) is 7.24. The van der Waals surface area contributed by atoms with Crippen molar-refractivity contribution in [3.8, 4) is 11.1 Å². The van der Waals surface area contributed by atoms with Gasteiger partial charge in [0.1, 0.15) is 11.8 Å². The number of fused-ring (bicyclic) bond motifs is 1. The van der Waals surface area contributed by atoms with Gasteiger partial charge in [0.15, 0.2) is 0 Å². The number of sulfonamides is 1. The summed E-state index contributed by atoms with van der Waals surface area (Å²) >= 11 is 3.57. The van der Waals surface area contributed by atoms with Crippen molar-refractivity contribution in [1.29, 1.82) is 0 Å². The predicted molar refractivity (Wildman–Crippen MR) is 185 cm³/mol. The van der Waals surface area contributed by atoms with Crippen LogP contribution in [0.1, 0.15) is 39.7 Å². The lowest BCUT2D eigenvalue weighted by atomic mass is 9.92. The van der Waals surface area contributed by atoms with Gasteiger partial charge in [0.25, 0.3) is 21.5 Å². The smallest absolute Gasteiger partial charge is 0.276 e. The summed E-state index contributed by atoms with van der Waals surface area (Å²) < 4.78 is 35.8. The number of H-pyrrole nitrogens is 1. The van der Waals surface area contributed by atoms with Crippen LogP contribution in [-0.4, -0.2) is 30.0 Å². The minimum atomic E-state index is -4.01. The molecule has 1 atom stereocenters. The molecule has 1 aliphatic heterocycles. The van der Waals surface area contributed by atoms with Crippen molar-refractivity contribution < 1.29 is 17.6 Å². The highest BCUT2D eigenvalue weighted by molar-refractivity contribution is 9.10. The Labute approximate surface area is 278 Å². The Morgan fingerprint density at radius 1 is 0.936 bits per heavy atom. The number of nitrogens with one attached hydrogen (secondary N) is 2. The molecule has 0 fully saturated rings. The average Bonchev–Trinajstić information content (AvgIpc) is 3.76. The van der Waals surface area contributed by atoms with Crippen LogP contribution in [0.2, 0.25) is 0 Å². The van der Waals surface area contributed by atoms with E-state index in [4.69, 9.17) is 9.52 Å². The van der Waals surface area contributed by atoms with Crippen LogP contribution in [0.25, 0.3) is 22.0 Å². The third kappa shape index (κ3) is 5.79. The van der Waals surface area contributed by atoms with Crippen LogP contribution in [0.4, 0.5) is 5.69 Å². The molecule has 4 aromatic carbocycles. The largest absolute Gasteiger partial charge is 0.467 e. The van der Waals surface area contributed by atoms with Crippen LogP contribution in [0.3, 0.4) is 0 Å². The quantitative estimate of drug-likeness (QED) is 0.176. The number of anilines is 1. The fraction of sp³-hybridized carbons (Fsp3) is 0.0833. The van der Waals surface area contributed by atoms with Crippen molar-refractivity contribution in [3.05, 3.63) is 153 Å². The fourth-order valence-electron chi connectivity index (χ4n) is 5.80. The van der Waals surface area contributed by atoms with E-state index >= 15 is 0 Å². The van der Waals surface area contributed by atoms with Gasteiger partial charge in [0.2, 0.25) is 0 Å². The summed E-state index contributed by atoms with van der Waals surface area (Å²) in [6, 6.07) is 30.8. The maximum atomic E-state index is 14.4. The molecular formula is C36H27BrN4O5S. The first-order valence-corrected chi connectivity index (χ1v) is 17.0. The zero-order valence-corrected chi connectivity index (χ0v) is 27.4. The van der Waals surface area contributed by atoms with Crippen LogP contribution in [0, 0.1) is 6.92 Å². The summed E-state index contributed by atoms with van der Waals surface area (Å²) in [6.07, 6.45) is 1.69. The van der Waals surface area contributed by atoms with Crippen LogP contribution in [0.15, 0.2) is 139 Å². The number of hydrazone groups is 1. The SMILES string of the molecule is Cc1ccc(S(=O)(=O)Nc2ccccc2C(=O)N2N=C(c3c(-c4ccccc4)c4cc(Br)ccc4[nH]c3=O)C[C@H]2c2ccco2)cc1. The summed E-state index contributed by atoms with van der Waals surface area (Å²) in [5, 5.41) is 6.86. The maximum Gasteiger partial charge on any atom is 0.276 e. The van der Waals surface area contributed by atoms with Crippen molar-refractivity contribution >= 4 is 54.2 Å². The molecule has 234 valence electrons. The average molecular weight is 708 g/mol. The van der Waals surface area contributed by atoms with E-state index < -0.39 is 22.0 Å². The highest BCUT2D eigenvalue weighted by Gasteiger charge is 2.38. The van der Waals surface area contributed by atoms with E-state index in [0.717, 1.165) is 21.0 Å². The first-order chi connectivity index (χ1) is 22.7. The molecular weight excluding hydrogens is 680 g/mol. The highest BCUT2D eigenvalue weighted by atomic mass is 79.9. The lowest BCUT2D eigenvalue weighted by Gasteiger charge is -2.21. The molecule has 0 aliphatic carbocycles. The number of hydrogen-bond donors (Lipinski definition) is 2. The van der Waals surface area contributed by atoms with Gasteiger partial charge in [-0.15, -0.1) is 0 Å². The Morgan fingerprint density at radius 3 is 2.43 bits per heavy atom. The molecule has 0 radical (unpaired) electrons. The maximum absolute atomic E-state index is 14.4. The second-order valence-electron chi connectivity index (χ2n) is 11.2. The van der Waals surface area contributed by atoms with E-state index in [1.54, 1.807) is 36.4 Å². The number of rotatable bonds is 7. The molecule has 47 heavy (non-hydrogen) atoms. The van der Waals surface area contributed by atoms with Crippen molar-refractivity contribution in [2.75, 3.05) is 4.72 Å². The molecule has 7 rings (SSSR count). The Bertz CT molecular complexity index is 2340. The summed E-state index contributed by atoms with van der Waals surface area (Å²) in [4.78, 5) is 31.3. The van der Waals surface area contributed by atoms with E-state index in [2.05, 4.69) is 25.6 Å². The number of aromatic nitrogens is 1. The number of halogens is 1. The molecule has 0 spiro atoms. The summed E-state index contributed by atoms with van der Waals surface area (Å²) in [5.41, 5.74) is 3.63. The number of pyridine rings is 1. The standard InChI is InChI=1S/C36H27BrN4O5S/c1-22-13-16-25(17-14-22)47(44,45)40-29-11-6-5-10-26(29)36(43)41-31(32-12-7-19-46-32)21-30(39-41)34-33(23-8-3-2-4-9-23)27-20-24(37)15-18-28(27)38-35(34)42/h2-20,31,40H,21H2,1H3,(H,38,42)/t31-/m0/s1. The number of nitrogens with zero attached hydrogens (tertiary/aromatic N) is 2. The number of amides is 1. The molecule has 9 nitrogen and oxygen atoms in total. The predicted octanol–water partition coefficient (Wildman–Crippen LogP) is 7.65. The van der Waals surface area contributed by atoms with E-state index in [1.807, 2.05) is 55.5 Å². The summed E-state index contributed by atoms with van der Waals surface area (Å²) in [7, 11) is -4.01. The number of carbonyl (C=O) groups excluding carboxylic acids is 1. The lowest BCUT2D eigenvalue weighted by molar-refractivity contribution is 0.0694. The van der Waals surface area contributed by atoms with E-state index in [0.29, 0.717) is 28.1 Å². The van der Waals surface area contributed by atoms with Gasteiger partial charge in [-0.05, 0) is 67.1 Å². The van der Waals surface area contributed by atoms with Crippen molar-refractivity contribution in [1.82, 2.24) is 9.99 Å². The van der Waals surface area contributed by atoms with Gasteiger partial charge in [0, 0.05) is 27.4 Å². The molecule has 3 heterocycles. The number of benzene rings is 4. The molecule has 1 aliphatic rings. The van der Waals surface area contributed by atoms with E-state index in [-0.39, 0.29) is 28.1 Å². The number of aryl methyl sites for hydroxylation is 1. The summed E-state index contributed by atoms with van der Waals surface area (Å²) in [6.45, 7) is 1.87. The number of hydrogen-bond acceptors (Lipinski definition) is 6. The van der Waals surface area contributed by atoms with Crippen LogP contribution in [-0.2, 0) is 10.0 Å². The molecule has 1 amide bonds. The van der Waals surface area contributed by atoms with Crippen LogP contribution < -0.4 is 10.3 Å². The molecule has 2 aromatic heterocycles. The number of aromatic amines is 1. The zero-order chi connectivity index (χ0) is 32.7. The molecule has 0 bridgehead atoms. The highest BCUT2D eigenvalue weighted by Crippen LogP contribution is 2.39. The number of carbonyl (C=O) groups is 1. The number of para-hydroxylation sites is 1. The molecule has 0 saturated carbocycles. The molecule has 0 saturated heterocycles. The van der Waals surface area contributed by atoms with Gasteiger partial charge >= 0.3 is 0 Å². The van der Waals surface area contributed by atoms with Crippen LogP contribution >= 0.6 is 15.9 Å². The lowest BCUT2D eigenvalue weighted by Crippen LogP contribution is -2.28. The van der Waals surface area contributed by atoms with Crippen LogP contribution in [0.5, 0.6) is 0 Å². The molecule has 6 aromatic rings. The Hall–Kier alpha value is -5.26. The van der Waals surface area contributed by atoms with E-state index in [1.165, 1.54) is 35.5 Å². The topological polar surface area (TPSA) is 125 Å². The Kier molecular flexibility index (Phi) is 7.86. The van der Waals surface area contributed by atoms with E-state index in [9.17, 15) is 18.0 Å². The Morgan fingerprint density at radius 2 is 1.68 bits per heavy atom. The minimum absolute atomic E-state index is 0.0656. The summed E-state index contributed by atoms with van der Waals surface area (Å²) in [5.74, 6) is -0.0964. The van der Waals surface area contributed by atoms with Crippen molar-refractivity contribution in [3.63, 3.8) is 0 Å². The van der Waals surface area contributed by atoms with Gasteiger partial charge in [-0.1, -0.05) is 76.1 Å². The Balaban J connectivity index is 1.36. The first kappa shape index (κ1) is 30.4. The van der Waals surface area contributed by atoms with Gasteiger partial charge in [-0.3, -0.25) is 14.3 Å². The van der Waals surface area contributed by atoms with Gasteiger partial charge in [0.05, 0.1) is 33.7 Å². The first-order valence-electron chi connectivity index (χ1n) is 14.7. The third-order valence-electron chi connectivity index (χ3n) is 8.05. The van der Waals surface area contributed by atoms with Gasteiger partial charge in [-0.25, -0.2) is 13.4 Å². The monoisotopic (exact) mass is 706 g/mol. The van der Waals surface area contributed by atoms with Gasteiger partial charge < -0.3 is 9.40 Å². The normalized spacial score (nSPS) is 14.7. The van der Waals surface area contributed by atoms with Crippen molar-refractivity contribution in [2.24, 2.45) is 5.10 Å². The molecule has 2 N–H and O–H groups in total. The third-order valence-corrected chi connectivity index (χ3v) is 9.93. The second kappa shape index (κ2) is 12.2. The zero-order valence-electron chi connectivity index (χ0n) is 25.0. The minimum Gasteiger partial charge on any atom is -0.467 e. The molecule has 0 unspecified atom stereocenters. The number of furan rings is 1. The molecule has 11 heteroatoms.